The zero-order valence-corrected chi connectivity index (χ0v) is 11.3. The highest BCUT2D eigenvalue weighted by atomic mass is 32.1. The van der Waals surface area contributed by atoms with Crippen molar-refractivity contribution in [1.29, 1.82) is 0 Å². The minimum absolute atomic E-state index is 0.142. The highest BCUT2D eigenvalue weighted by Gasteiger charge is 2.19. The van der Waals surface area contributed by atoms with E-state index in [4.69, 9.17) is 0 Å². The van der Waals surface area contributed by atoms with Gasteiger partial charge in [0.2, 0.25) is 11.8 Å². The van der Waals surface area contributed by atoms with E-state index in [-0.39, 0.29) is 23.6 Å². The van der Waals surface area contributed by atoms with Gasteiger partial charge in [-0.15, -0.1) is 0 Å². The number of thiol groups is 1. The molecular formula is C12H17N3O2S. The van der Waals surface area contributed by atoms with Gasteiger partial charge in [-0.3, -0.25) is 14.6 Å². The summed E-state index contributed by atoms with van der Waals surface area (Å²) in [6.45, 7) is 3.24. The maximum Gasteiger partial charge on any atom is 0.243 e. The van der Waals surface area contributed by atoms with Crippen LogP contribution in [0.3, 0.4) is 0 Å². The Kier molecular flexibility index (Phi) is 5.64. The third-order valence-corrected chi connectivity index (χ3v) is 2.81. The molecule has 2 atom stereocenters. The highest BCUT2D eigenvalue weighted by molar-refractivity contribution is 7.80. The minimum Gasteiger partial charge on any atom is -0.348 e. The quantitative estimate of drug-likeness (QED) is 0.688. The number of rotatable bonds is 5. The Bertz CT molecular complexity index is 411. The Morgan fingerprint density at radius 3 is 2.44 bits per heavy atom. The predicted octanol–water partition coefficient (Wildman–Crippen LogP) is 0.693. The number of nitrogens with zero attached hydrogens (tertiary/aromatic N) is 1. The van der Waals surface area contributed by atoms with Crippen LogP contribution in [0.15, 0.2) is 24.5 Å². The second-order valence-electron chi connectivity index (χ2n) is 3.95. The fourth-order valence-corrected chi connectivity index (χ4v) is 1.75. The molecule has 0 aliphatic carbocycles. The predicted molar refractivity (Wildman–Crippen MR) is 72.3 cm³/mol. The van der Waals surface area contributed by atoms with Crippen molar-refractivity contribution in [1.82, 2.24) is 15.6 Å². The molecular weight excluding hydrogens is 250 g/mol. The maximum atomic E-state index is 11.9. The average Bonchev–Trinajstić information content (AvgIpc) is 2.36. The number of hydrogen-bond acceptors (Lipinski definition) is 4. The summed E-state index contributed by atoms with van der Waals surface area (Å²) in [5.74, 6) is -0.237. The molecule has 0 aliphatic heterocycles. The molecule has 2 unspecified atom stereocenters. The summed E-state index contributed by atoms with van der Waals surface area (Å²) >= 11 is 4.05. The van der Waals surface area contributed by atoms with Crippen molar-refractivity contribution in [2.75, 3.05) is 5.75 Å². The Morgan fingerprint density at radius 2 is 1.94 bits per heavy atom. The lowest BCUT2D eigenvalue weighted by molar-refractivity contribution is -0.127. The molecule has 0 saturated carbocycles. The minimum atomic E-state index is -0.616. The summed E-state index contributed by atoms with van der Waals surface area (Å²) < 4.78 is 0. The summed E-state index contributed by atoms with van der Waals surface area (Å²) in [7, 11) is 0. The lowest BCUT2D eigenvalue weighted by Gasteiger charge is -2.19. The number of aromatic nitrogens is 1. The van der Waals surface area contributed by atoms with Gasteiger partial charge in [0.25, 0.3) is 0 Å². The van der Waals surface area contributed by atoms with Crippen molar-refractivity contribution in [3.63, 3.8) is 0 Å². The van der Waals surface area contributed by atoms with Crippen molar-refractivity contribution < 1.29 is 9.59 Å². The molecule has 2 amide bonds. The molecule has 0 bridgehead atoms. The second-order valence-corrected chi connectivity index (χ2v) is 4.31. The Morgan fingerprint density at radius 1 is 1.33 bits per heavy atom. The normalized spacial score (nSPS) is 13.5. The van der Waals surface area contributed by atoms with Gasteiger partial charge >= 0.3 is 0 Å². The fraction of sp³-hybridized carbons (Fsp3) is 0.417. The van der Waals surface area contributed by atoms with Crippen LogP contribution in [0.1, 0.15) is 25.5 Å². The van der Waals surface area contributed by atoms with Gasteiger partial charge in [0.1, 0.15) is 6.04 Å². The molecule has 18 heavy (non-hydrogen) atoms. The molecule has 0 radical (unpaired) electrons. The molecule has 98 valence electrons. The highest BCUT2D eigenvalue weighted by Crippen LogP contribution is 2.10. The average molecular weight is 267 g/mol. The largest absolute Gasteiger partial charge is 0.348 e. The Hall–Kier alpha value is -1.56. The lowest BCUT2D eigenvalue weighted by Crippen LogP contribution is -2.47. The molecule has 0 fully saturated rings. The van der Waals surface area contributed by atoms with E-state index in [0.29, 0.717) is 0 Å². The van der Waals surface area contributed by atoms with Crippen molar-refractivity contribution in [3.05, 3.63) is 30.1 Å². The van der Waals surface area contributed by atoms with Gasteiger partial charge in [-0.05, 0) is 24.6 Å². The number of nitrogens with one attached hydrogen (secondary N) is 2. The number of pyridine rings is 1. The molecule has 0 aromatic carbocycles. The molecule has 0 saturated heterocycles. The van der Waals surface area contributed by atoms with Gasteiger partial charge in [-0.2, -0.15) is 12.6 Å². The zero-order chi connectivity index (χ0) is 13.5. The van der Waals surface area contributed by atoms with Crippen LogP contribution in [0.4, 0.5) is 0 Å². The van der Waals surface area contributed by atoms with Crippen LogP contribution in [-0.2, 0) is 9.59 Å². The first-order valence-electron chi connectivity index (χ1n) is 5.63. The molecule has 5 nitrogen and oxygen atoms in total. The summed E-state index contributed by atoms with van der Waals surface area (Å²) in [6.07, 6.45) is 3.34. The van der Waals surface area contributed by atoms with Crippen molar-refractivity contribution in [2.24, 2.45) is 0 Å². The topological polar surface area (TPSA) is 71.1 Å². The standard InChI is InChI=1S/C12H17N3O2S/c1-8(10-3-5-13-6-4-10)14-12(17)11(7-18)15-9(2)16/h3-6,8,11,18H,7H2,1-2H3,(H,14,17)(H,15,16). The van der Waals surface area contributed by atoms with Gasteiger partial charge < -0.3 is 10.6 Å². The molecule has 1 aromatic heterocycles. The Balaban J connectivity index is 2.60. The van der Waals surface area contributed by atoms with E-state index in [1.807, 2.05) is 19.1 Å². The maximum absolute atomic E-state index is 11.9. The van der Waals surface area contributed by atoms with Crippen LogP contribution in [0.5, 0.6) is 0 Å². The van der Waals surface area contributed by atoms with E-state index in [9.17, 15) is 9.59 Å². The van der Waals surface area contributed by atoms with Crippen LogP contribution in [-0.4, -0.2) is 28.6 Å². The van der Waals surface area contributed by atoms with E-state index in [2.05, 4.69) is 28.2 Å². The molecule has 1 heterocycles. The van der Waals surface area contributed by atoms with E-state index in [1.165, 1.54) is 6.92 Å². The monoisotopic (exact) mass is 267 g/mol. The van der Waals surface area contributed by atoms with Gasteiger partial charge in [0, 0.05) is 25.1 Å². The summed E-state index contributed by atoms with van der Waals surface area (Å²) in [5, 5.41) is 5.37. The number of hydrogen-bond donors (Lipinski definition) is 3. The van der Waals surface area contributed by atoms with Crippen LogP contribution >= 0.6 is 12.6 Å². The van der Waals surface area contributed by atoms with Crippen molar-refractivity contribution >= 4 is 24.4 Å². The van der Waals surface area contributed by atoms with Gasteiger partial charge in [-0.25, -0.2) is 0 Å². The third kappa shape index (κ3) is 4.37. The van der Waals surface area contributed by atoms with Crippen LogP contribution in [0.25, 0.3) is 0 Å². The zero-order valence-electron chi connectivity index (χ0n) is 10.4. The van der Waals surface area contributed by atoms with E-state index in [0.717, 1.165) is 5.56 Å². The van der Waals surface area contributed by atoms with E-state index < -0.39 is 6.04 Å². The first-order valence-corrected chi connectivity index (χ1v) is 6.26. The summed E-state index contributed by atoms with van der Waals surface area (Å²) in [5.41, 5.74) is 0.957. The smallest absolute Gasteiger partial charge is 0.243 e. The van der Waals surface area contributed by atoms with E-state index in [1.54, 1.807) is 12.4 Å². The molecule has 0 aliphatic rings. The molecule has 6 heteroatoms. The SMILES string of the molecule is CC(=O)NC(CS)C(=O)NC(C)c1ccncc1. The van der Waals surface area contributed by atoms with Crippen LogP contribution in [0.2, 0.25) is 0 Å². The molecule has 0 spiro atoms. The van der Waals surface area contributed by atoms with Gasteiger partial charge in [-0.1, -0.05) is 0 Å². The van der Waals surface area contributed by atoms with Crippen molar-refractivity contribution in [3.8, 4) is 0 Å². The summed E-state index contributed by atoms with van der Waals surface area (Å²) in [4.78, 5) is 26.8. The third-order valence-electron chi connectivity index (χ3n) is 2.44. The van der Waals surface area contributed by atoms with Crippen LogP contribution in [0, 0.1) is 0 Å². The second kappa shape index (κ2) is 7.00. The van der Waals surface area contributed by atoms with Crippen LogP contribution < -0.4 is 10.6 Å². The lowest BCUT2D eigenvalue weighted by atomic mass is 10.1. The Labute approximate surface area is 112 Å². The van der Waals surface area contributed by atoms with E-state index >= 15 is 0 Å². The number of amides is 2. The molecule has 1 aromatic rings. The van der Waals surface area contributed by atoms with Crippen molar-refractivity contribution in [2.45, 2.75) is 25.9 Å². The molecule has 2 N–H and O–H groups in total. The first kappa shape index (κ1) is 14.5. The fourth-order valence-electron chi connectivity index (χ4n) is 1.49. The van der Waals surface area contributed by atoms with Gasteiger partial charge in [0.15, 0.2) is 0 Å². The number of carbonyl (C=O) groups is 2. The first-order chi connectivity index (χ1) is 8.54. The molecule has 1 rings (SSSR count). The van der Waals surface area contributed by atoms with Gasteiger partial charge in [0.05, 0.1) is 6.04 Å². The number of carbonyl (C=O) groups excluding carboxylic acids is 2. The summed E-state index contributed by atoms with van der Waals surface area (Å²) in [6, 6.07) is 2.91.